The van der Waals surface area contributed by atoms with E-state index in [0.29, 0.717) is 11.5 Å². The molecular formula is C28H38N2O3. The Kier molecular flexibility index (Phi) is 7.81. The van der Waals surface area contributed by atoms with Crippen molar-refractivity contribution < 1.29 is 14.2 Å². The number of fused-ring (bicyclic) bond motifs is 1. The molecule has 2 aromatic rings. The number of unbranched alkanes of at least 4 members (excludes halogenated alkanes) is 2. The SMILES string of the molecule is COc1ccc(C2=CN(CCCCCN3C(C)CCCC3C)c3ccccc3O2)cc1OC. The van der Waals surface area contributed by atoms with Gasteiger partial charge in [-0.2, -0.15) is 0 Å². The number of ether oxygens (including phenoxy) is 3. The van der Waals surface area contributed by atoms with Crippen molar-refractivity contribution in [2.45, 2.75) is 64.5 Å². The zero-order valence-corrected chi connectivity index (χ0v) is 20.5. The van der Waals surface area contributed by atoms with Crippen LogP contribution in [0.3, 0.4) is 0 Å². The Morgan fingerprint density at radius 1 is 0.879 bits per heavy atom. The van der Waals surface area contributed by atoms with E-state index in [1.54, 1.807) is 14.2 Å². The lowest BCUT2D eigenvalue weighted by molar-refractivity contribution is 0.101. The minimum atomic E-state index is 0.700. The highest BCUT2D eigenvalue weighted by Gasteiger charge is 2.24. The van der Waals surface area contributed by atoms with Crippen LogP contribution in [-0.4, -0.2) is 44.3 Å². The number of anilines is 1. The van der Waals surface area contributed by atoms with Crippen LogP contribution in [0.2, 0.25) is 0 Å². The van der Waals surface area contributed by atoms with E-state index in [1.807, 2.05) is 30.3 Å². The van der Waals surface area contributed by atoms with Crippen molar-refractivity contribution in [1.29, 1.82) is 0 Å². The molecule has 0 aromatic heterocycles. The molecule has 0 aliphatic carbocycles. The molecule has 2 heterocycles. The predicted octanol–water partition coefficient (Wildman–Crippen LogP) is 6.33. The van der Waals surface area contributed by atoms with Gasteiger partial charge in [0.05, 0.1) is 19.9 Å². The number of piperidine rings is 1. The predicted molar refractivity (Wildman–Crippen MR) is 135 cm³/mol. The van der Waals surface area contributed by atoms with Crippen LogP contribution in [0.5, 0.6) is 17.2 Å². The van der Waals surface area contributed by atoms with Gasteiger partial charge in [0.15, 0.2) is 23.0 Å². The smallest absolute Gasteiger partial charge is 0.161 e. The second-order valence-electron chi connectivity index (χ2n) is 9.25. The molecule has 2 aliphatic rings. The molecule has 1 saturated heterocycles. The molecule has 33 heavy (non-hydrogen) atoms. The monoisotopic (exact) mass is 450 g/mol. The normalized spacial score (nSPS) is 20.6. The summed E-state index contributed by atoms with van der Waals surface area (Å²) in [6, 6.07) is 15.6. The second kappa shape index (κ2) is 11.0. The molecule has 5 nitrogen and oxygen atoms in total. The number of hydrogen-bond acceptors (Lipinski definition) is 5. The number of hydrogen-bond donors (Lipinski definition) is 0. The second-order valence-corrected chi connectivity index (χ2v) is 9.25. The van der Waals surface area contributed by atoms with E-state index in [0.717, 1.165) is 47.8 Å². The summed E-state index contributed by atoms with van der Waals surface area (Å²) in [6.07, 6.45) is 9.84. The summed E-state index contributed by atoms with van der Waals surface area (Å²) in [5.41, 5.74) is 2.10. The molecule has 2 atom stereocenters. The Morgan fingerprint density at radius 2 is 1.61 bits per heavy atom. The minimum absolute atomic E-state index is 0.700. The summed E-state index contributed by atoms with van der Waals surface area (Å²) in [5.74, 6) is 3.13. The summed E-state index contributed by atoms with van der Waals surface area (Å²) in [7, 11) is 3.31. The molecular weight excluding hydrogens is 412 g/mol. The lowest BCUT2D eigenvalue weighted by Gasteiger charge is -2.39. The fourth-order valence-corrected chi connectivity index (χ4v) is 5.11. The molecule has 0 spiro atoms. The molecule has 1 fully saturated rings. The van der Waals surface area contributed by atoms with E-state index in [2.05, 4.69) is 42.0 Å². The molecule has 2 unspecified atom stereocenters. The van der Waals surface area contributed by atoms with E-state index in [1.165, 1.54) is 38.6 Å². The average molecular weight is 451 g/mol. The number of para-hydroxylation sites is 2. The van der Waals surface area contributed by atoms with Gasteiger partial charge in [-0.1, -0.05) is 25.0 Å². The Bertz CT molecular complexity index is 948. The quantitative estimate of drug-likeness (QED) is 0.417. The number of rotatable bonds is 9. The highest BCUT2D eigenvalue weighted by Crippen LogP contribution is 2.39. The minimum Gasteiger partial charge on any atom is -0.493 e. The van der Waals surface area contributed by atoms with E-state index in [-0.39, 0.29) is 0 Å². The maximum absolute atomic E-state index is 6.27. The third-order valence-corrected chi connectivity index (χ3v) is 7.03. The van der Waals surface area contributed by atoms with Gasteiger partial charge in [-0.15, -0.1) is 0 Å². The molecule has 0 bridgehead atoms. The lowest BCUT2D eigenvalue weighted by Crippen LogP contribution is -2.44. The highest BCUT2D eigenvalue weighted by molar-refractivity contribution is 5.75. The van der Waals surface area contributed by atoms with Crippen LogP contribution in [-0.2, 0) is 0 Å². The standard InChI is InChI=1S/C28H38N2O3/c1-21-11-10-12-22(2)30(21)18-9-5-8-17-29-20-28(33-25-14-7-6-13-24(25)29)23-15-16-26(31-3)27(19-23)32-4/h6-7,13-16,19-22H,5,8-12,17-18H2,1-4H3. The first kappa shape index (κ1) is 23.5. The average Bonchev–Trinajstić information content (AvgIpc) is 2.84. The molecule has 0 N–H and O–H groups in total. The van der Waals surface area contributed by atoms with Gasteiger partial charge in [-0.3, -0.25) is 4.90 Å². The molecule has 2 aromatic carbocycles. The highest BCUT2D eigenvalue weighted by atomic mass is 16.5. The van der Waals surface area contributed by atoms with Crippen LogP contribution in [0.4, 0.5) is 5.69 Å². The van der Waals surface area contributed by atoms with Gasteiger partial charge < -0.3 is 19.1 Å². The summed E-state index contributed by atoms with van der Waals surface area (Å²) >= 11 is 0. The number of benzene rings is 2. The van der Waals surface area contributed by atoms with Gasteiger partial charge in [0.25, 0.3) is 0 Å². The van der Waals surface area contributed by atoms with E-state index in [4.69, 9.17) is 14.2 Å². The van der Waals surface area contributed by atoms with E-state index >= 15 is 0 Å². The van der Waals surface area contributed by atoms with Crippen LogP contribution in [0.25, 0.3) is 5.76 Å². The van der Waals surface area contributed by atoms with Crippen molar-refractivity contribution >= 4 is 11.4 Å². The van der Waals surface area contributed by atoms with Crippen molar-refractivity contribution in [2.24, 2.45) is 0 Å². The van der Waals surface area contributed by atoms with Gasteiger partial charge >= 0.3 is 0 Å². The maximum Gasteiger partial charge on any atom is 0.161 e. The van der Waals surface area contributed by atoms with Crippen LogP contribution in [0, 0.1) is 0 Å². The number of nitrogens with zero attached hydrogens (tertiary/aromatic N) is 2. The van der Waals surface area contributed by atoms with Gasteiger partial charge in [0.1, 0.15) is 0 Å². The molecule has 2 aliphatic heterocycles. The third kappa shape index (κ3) is 5.47. The molecule has 0 radical (unpaired) electrons. The Hall–Kier alpha value is -2.66. The van der Waals surface area contributed by atoms with Crippen molar-refractivity contribution in [3.8, 4) is 17.2 Å². The van der Waals surface area contributed by atoms with Gasteiger partial charge in [0, 0.05) is 30.4 Å². The number of methoxy groups -OCH3 is 2. The van der Waals surface area contributed by atoms with Crippen LogP contribution >= 0.6 is 0 Å². The molecule has 178 valence electrons. The fraction of sp³-hybridized carbons (Fsp3) is 0.500. The first-order valence-electron chi connectivity index (χ1n) is 12.3. The fourth-order valence-electron chi connectivity index (χ4n) is 5.11. The summed E-state index contributed by atoms with van der Waals surface area (Å²) in [4.78, 5) is 5.04. The summed E-state index contributed by atoms with van der Waals surface area (Å²) in [5, 5.41) is 0. The maximum atomic E-state index is 6.27. The van der Waals surface area contributed by atoms with Crippen molar-refractivity contribution in [3.63, 3.8) is 0 Å². The Morgan fingerprint density at radius 3 is 2.36 bits per heavy atom. The zero-order valence-electron chi connectivity index (χ0n) is 20.5. The third-order valence-electron chi connectivity index (χ3n) is 7.03. The van der Waals surface area contributed by atoms with Crippen molar-refractivity contribution in [1.82, 2.24) is 4.90 Å². The van der Waals surface area contributed by atoms with Crippen LogP contribution in [0.15, 0.2) is 48.7 Å². The topological polar surface area (TPSA) is 34.2 Å². The first-order chi connectivity index (χ1) is 16.1. The summed E-state index contributed by atoms with van der Waals surface area (Å²) in [6.45, 7) is 6.97. The van der Waals surface area contributed by atoms with Gasteiger partial charge in [-0.05, 0) is 76.4 Å². The molecule has 4 rings (SSSR count). The van der Waals surface area contributed by atoms with Crippen LogP contribution < -0.4 is 19.1 Å². The molecule has 0 amide bonds. The number of likely N-dealkylation sites (tertiary alicyclic amines) is 1. The van der Waals surface area contributed by atoms with E-state index in [9.17, 15) is 0 Å². The van der Waals surface area contributed by atoms with Gasteiger partial charge in [-0.25, -0.2) is 0 Å². The largest absolute Gasteiger partial charge is 0.493 e. The lowest BCUT2D eigenvalue weighted by atomic mass is 9.97. The van der Waals surface area contributed by atoms with E-state index < -0.39 is 0 Å². The Balaban J connectivity index is 1.41. The summed E-state index contributed by atoms with van der Waals surface area (Å²) < 4.78 is 17.2. The Labute approximate surface area is 198 Å². The molecule has 0 saturated carbocycles. The zero-order chi connectivity index (χ0) is 23.2. The van der Waals surface area contributed by atoms with Crippen molar-refractivity contribution in [2.75, 3.05) is 32.2 Å². The van der Waals surface area contributed by atoms with Crippen LogP contribution in [0.1, 0.15) is 57.9 Å². The first-order valence-corrected chi connectivity index (χ1v) is 12.3. The molecule has 5 heteroatoms. The van der Waals surface area contributed by atoms with Gasteiger partial charge in [0.2, 0.25) is 0 Å². The van der Waals surface area contributed by atoms with Crippen molar-refractivity contribution in [3.05, 3.63) is 54.2 Å².